The molecule has 0 radical (unpaired) electrons. The topological polar surface area (TPSA) is 128 Å². The van der Waals surface area contributed by atoms with E-state index in [0.29, 0.717) is 22.2 Å². The fourth-order valence-electron chi connectivity index (χ4n) is 3.72. The zero-order valence-corrected chi connectivity index (χ0v) is 23.2. The van der Waals surface area contributed by atoms with E-state index < -0.39 is 22.0 Å². The average molecular weight is 545 g/mol. The third-order valence-corrected chi connectivity index (χ3v) is 7.28. The molecule has 204 valence electrons. The molecule has 0 fully saturated rings. The van der Waals surface area contributed by atoms with Crippen LogP contribution in [-0.4, -0.2) is 70.0 Å². The number of rotatable bonds is 10. The van der Waals surface area contributed by atoms with E-state index >= 15 is 0 Å². The summed E-state index contributed by atoms with van der Waals surface area (Å²) in [5, 5.41) is 5.99. The van der Waals surface area contributed by atoms with Gasteiger partial charge < -0.3 is 24.8 Å². The first-order chi connectivity index (χ1) is 17.9. The Kier molecular flexibility index (Phi) is 8.69. The van der Waals surface area contributed by atoms with Gasteiger partial charge in [-0.3, -0.25) is 9.59 Å². The van der Waals surface area contributed by atoms with Crippen molar-refractivity contribution in [2.45, 2.75) is 19.9 Å². The zero-order chi connectivity index (χ0) is 28.2. The number of para-hydroxylation sites is 1. The Hall–Kier alpha value is -4.03. The van der Waals surface area contributed by atoms with Gasteiger partial charge in [0, 0.05) is 42.8 Å². The van der Waals surface area contributed by atoms with E-state index in [2.05, 4.69) is 10.6 Å². The van der Waals surface area contributed by atoms with Crippen LogP contribution in [0.3, 0.4) is 0 Å². The van der Waals surface area contributed by atoms with Crippen LogP contribution >= 0.6 is 0 Å². The van der Waals surface area contributed by atoms with E-state index in [1.165, 1.54) is 59.8 Å². The van der Waals surface area contributed by atoms with Gasteiger partial charge in [0.05, 0.1) is 26.8 Å². The van der Waals surface area contributed by atoms with E-state index in [-0.39, 0.29) is 28.8 Å². The summed E-state index contributed by atoms with van der Waals surface area (Å²) in [5.41, 5.74) is 0.917. The normalized spacial score (nSPS) is 12.1. The first kappa shape index (κ1) is 28.5. The second-order valence-electron chi connectivity index (χ2n) is 8.74. The van der Waals surface area contributed by atoms with Crippen molar-refractivity contribution in [2.75, 3.05) is 35.4 Å². The molecule has 0 unspecified atom stereocenters. The molecule has 0 spiro atoms. The van der Waals surface area contributed by atoms with Crippen molar-refractivity contribution in [3.63, 3.8) is 0 Å². The minimum atomic E-state index is -3.85. The van der Waals surface area contributed by atoms with Crippen molar-refractivity contribution in [2.24, 2.45) is 0 Å². The Labute approximate surface area is 222 Å². The first-order valence-corrected chi connectivity index (χ1v) is 13.0. The third kappa shape index (κ3) is 5.76. The summed E-state index contributed by atoms with van der Waals surface area (Å²) in [6, 6.07) is 9.58. The lowest BCUT2D eigenvalue weighted by Crippen LogP contribution is -2.38. The van der Waals surface area contributed by atoms with Crippen LogP contribution in [0, 0.1) is 0 Å². The van der Waals surface area contributed by atoms with Crippen molar-refractivity contribution in [1.82, 2.24) is 18.9 Å². The Morgan fingerprint density at radius 3 is 2.13 bits per heavy atom. The Morgan fingerprint density at radius 2 is 1.61 bits per heavy atom. The van der Waals surface area contributed by atoms with Gasteiger partial charge in [-0.1, -0.05) is 18.2 Å². The molecule has 1 heterocycles. The van der Waals surface area contributed by atoms with Gasteiger partial charge in [-0.2, -0.15) is 12.7 Å². The number of benzene rings is 2. The second kappa shape index (κ2) is 11.6. The molecule has 3 aromatic rings. The first-order valence-electron chi connectivity index (χ1n) is 11.6. The molecule has 3 rings (SSSR count). The van der Waals surface area contributed by atoms with Gasteiger partial charge in [-0.05, 0) is 38.1 Å². The monoisotopic (exact) mass is 544 g/mol. The number of methoxy groups -OCH3 is 3. The molecule has 2 N–H and O–H groups in total. The molecular weight excluding hydrogens is 512 g/mol. The molecule has 2 aromatic carbocycles. The van der Waals surface area contributed by atoms with Gasteiger partial charge in [-0.15, -0.1) is 0 Å². The molecule has 0 aliphatic rings. The smallest absolute Gasteiger partial charge is 0.307 e. The standard InChI is InChI=1S/C26H32N4O7S/c1-16(2)27-26(32)20(28-25(31)17-13-22(35-5)24(37-7)23(14-17)36-6)12-18-15-30(38(33,34)29(3)4)21-11-9-8-10-19(18)21/h8-16H,1-7H3,(H,27,32)(H,28,31). The van der Waals surface area contributed by atoms with Gasteiger partial charge in [0.2, 0.25) is 5.75 Å². The minimum absolute atomic E-state index is 0.0809. The molecule has 0 aliphatic heterocycles. The highest BCUT2D eigenvalue weighted by molar-refractivity contribution is 7.87. The van der Waals surface area contributed by atoms with Gasteiger partial charge in [-0.25, -0.2) is 3.97 Å². The highest BCUT2D eigenvalue weighted by Gasteiger charge is 2.23. The van der Waals surface area contributed by atoms with Crippen LogP contribution in [0.5, 0.6) is 17.2 Å². The van der Waals surface area contributed by atoms with Gasteiger partial charge in [0.15, 0.2) is 11.5 Å². The SMILES string of the molecule is COc1cc(C(=O)NC(=Cc2cn(S(=O)(=O)N(C)C)c3ccccc23)C(=O)NC(C)C)cc(OC)c1OC. The number of nitrogens with zero attached hydrogens (tertiary/aromatic N) is 2. The van der Waals surface area contributed by atoms with Crippen molar-refractivity contribution < 1.29 is 32.2 Å². The Bertz CT molecular complexity index is 1470. The van der Waals surface area contributed by atoms with Crippen LogP contribution in [0.2, 0.25) is 0 Å². The molecule has 0 atom stereocenters. The fraction of sp³-hybridized carbons (Fsp3) is 0.308. The lowest BCUT2D eigenvalue weighted by molar-refractivity contribution is -0.118. The molecule has 11 nitrogen and oxygen atoms in total. The van der Waals surface area contributed by atoms with Crippen molar-refractivity contribution >= 4 is 39.0 Å². The lowest BCUT2D eigenvalue weighted by Gasteiger charge is -2.16. The summed E-state index contributed by atoms with van der Waals surface area (Å²) in [6.07, 6.45) is 2.85. The second-order valence-corrected chi connectivity index (χ2v) is 10.8. The molecule has 0 saturated carbocycles. The van der Waals surface area contributed by atoms with Gasteiger partial charge >= 0.3 is 10.2 Å². The van der Waals surface area contributed by atoms with Crippen molar-refractivity contribution in [3.05, 3.63) is 59.4 Å². The number of ether oxygens (including phenoxy) is 3. The van der Waals surface area contributed by atoms with E-state index in [1.54, 1.807) is 38.1 Å². The van der Waals surface area contributed by atoms with Crippen LogP contribution in [0.25, 0.3) is 17.0 Å². The number of carbonyl (C=O) groups is 2. The molecule has 0 saturated heterocycles. The van der Waals surface area contributed by atoms with Gasteiger partial charge in [0.1, 0.15) is 5.70 Å². The average Bonchev–Trinajstić information content (AvgIpc) is 3.25. The maximum absolute atomic E-state index is 13.3. The summed E-state index contributed by atoms with van der Waals surface area (Å²) in [7, 11) is 3.31. The number of nitrogens with one attached hydrogen (secondary N) is 2. The maximum Gasteiger partial charge on any atom is 0.307 e. The summed E-state index contributed by atoms with van der Waals surface area (Å²) < 4.78 is 44.1. The van der Waals surface area contributed by atoms with Crippen molar-refractivity contribution in [3.8, 4) is 17.2 Å². The molecule has 2 amide bonds. The number of carbonyl (C=O) groups excluding carboxylic acids is 2. The number of aromatic nitrogens is 1. The predicted octanol–water partition coefficient (Wildman–Crippen LogP) is 2.62. The van der Waals surface area contributed by atoms with Gasteiger partial charge in [0.25, 0.3) is 11.8 Å². The molecular formula is C26H32N4O7S. The quantitative estimate of drug-likeness (QED) is 0.376. The summed E-state index contributed by atoms with van der Waals surface area (Å²) in [5.74, 6) is -0.306. The molecule has 0 bridgehead atoms. The lowest BCUT2D eigenvalue weighted by atomic mass is 10.1. The number of hydrogen-bond acceptors (Lipinski definition) is 7. The molecule has 12 heteroatoms. The van der Waals surface area contributed by atoms with Crippen LogP contribution in [-0.2, 0) is 15.0 Å². The third-order valence-electron chi connectivity index (χ3n) is 5.56. The Morgan fingerprint density at radius 1 is 1.00 bits per heavy atom. The molecule has 1 aromatic heterocycles. The van der Waals surface area contributed by atoms with E-state index in [1.807, 2.05) is 0 Å². The summed E-state index contributed by atoms with van der Waals surface area (Å²) >= 11 is 0. The van der Waals surface area contributed by atoms with Crippen molar-refractivity contribution in [1.29, 1.82) is 0 Å². The minimum Gasteiger partial charge on any atom is -0.493 e. The molecule has 0 aliphatic carbocycles. The number of fused-ring (bicyclic) bond motifs is 1. The van der Waals surface area contributed by atoms with E-state index in [4.69, 9.17) is 14.2 Å². The zero-order valence-electron chi connectivity index (χ0n) is 22.4. The van der Waals surface area contributed by atoms with E-state index in [9.17, 15) is 18.0 Å². The number of hydrogen-bond donors (Lipinski definition) is 2. The van der Waals surface area contributed by atoms with Crippen LogP contribution in [0.1, 0.15) is 29.8 Å². The molecule has 38 heavy (non-hydrogen) atoms. The maximum atomic E-state index is 13.3. The van der Waals surface area contributed by atoms with E-state index in [0.717, 1.165) is 8.28 Å². The Balaban J connectivity index is 2.14. The number of amides is 2. The van der Waals surface area contributed by atoms with Crippen LogP contribution in [0.4, 0.5) is 0 Å². The van der Waals surface area contributed by atoms with Crippen LogP contribution < -0.4 is 24.8 Å². The fourth-order valence-corrected chi connectivity index (χ4v) is 4.72. The predicted molar refractivity (Wildman–Crippen MR) is 145 cm³/mol. The van der Waals surface area contributed by atoms with Crippen LogP contribution in [0.15, 0.2) is 48.3 Å². The summed E-state index contributed by atoms with van der Waals surface area (Å²) in [6.45, 7) is 3.57. The highest BCUT2D eigenvalue weighted by atomic mass is 32.2. The highest BCUT2D eigenvalue weighted by Crippen LogP contribution is 2.38. The summed E-state index contributed by atoms with van der Waals surface area (Å²) in [4.78, 5) is 26.4. The largest absolute Gasteiger partial charge is 0.493 e.